The van der Waals surface area contributed by atoms with Gasteiger partial charge in [-0.15, -0.1) is 0 Å². The fourth-order valence-electron chi connectivity index (χ4n) is 5.58. The number of nitrogens with zero attached hydrogens (tertiary/aromatic N) is 4. The Labute approximate surface area is 195 Å². The minimum absolute atomic E-state index is 0.0789. The smallest absolute Gasteiger partial charge is 0.319 e. The van der Waals surface area contributed by atoms with E-state index in [1.54, 1.807) is 6.07 Å². The number of ether oxygens (including phenoxy) is 1. The summed E-state index contributed by atoms with van der Waals surface area (Å²) in [7, 11) is 4.19. The molecule has 0 bridgehead atoms. The minimum Gasteiger partial charge on any atom is -0.461 e. The van der Waals surface area contributed by atoms with Crippen molar-refractivity contribution in [2.75, 3.05) is 45.7 Å². The molecule has 3 heterocycles. The lowest BCUT2D eigenvalue weighted by Crippen LogP contribution is -2.54. The first-order valence-electron chi connectivity index (χ1n) is 11.4. The van der Waals surface area contributed by atoms with Gasteiger partial charge in [0.25, 0.3) is 0 Å². The Bertz CT molecular complexity index is 1020. The van der Waals surface area contributed by atoms with Crippen LogP contribution < -0.4 is 10.1 Å². The minimum atomic E-state index is -0.827. The monoisotopic (exact) mass is 509 g/mol. The fraction of sp³-hybridized carbons (Fsp3) is 0.652. The van der Waals surface area contributed by atoms with Crippen molar-refractivity contribution in [2.45, 2.75) is 55.8 Å². The molecule has 2 aromatic rings. The molecule has 1 aliphatic carbocycles. The second-order valence-electron chi connectivity index (χ2n) is 9.80. The Kier molecular flexibility index (Phi) is 5.78. The summed E-state index contributed by atoms with van der Waals surface area (Å²) < 4.78 is 35.5. The van der Waals surface area contributed by atoms with Gasteiger partial charge in [-0.05, 0) is 80.8 Å². The van der Waals surface area contributed by atoms with Crippen LogP contribution in [0.1, 0.15) is 38.5 Å². The number of alkyl halides is 1. The standard InChI is InChI=1S/C23H30BrF2N5O/c1-30(2)22(7-3-8-22)13-27-20-16-5-6-17(24)18(26)19(16)28-21(29-20)32-14-23-9-4-10-31(23)12-15(25)11-23/h5-6,15H,3-4,7-14H2,1-2H3,(H,27,28,29)/t15-,23+/m1/s1. The highest BCUT2D eigenvalue weighted by atomic mass is 79.9. The predicted molar refractivity (Wildman–Crippen MR) is 125 cm³/mol. The molecule has 174 valence electrons. The summed E-state index contributed by atoms with van der Waals surface area (Å²) in [6, 6.07) is 3.63. The van der Waals surface area contributed by atoms with Crippen molar-refractivity contribution in [3.63, 3.8) is 0 Å². The molecule has 2 atom stereocenters. The molecule has 1 N–H and O–H groups in total. The number of likely N-dealkylation sites (N-methyl/N-ethyl adjacent to an activating group) is 1. The summed E-state index contributed by atoms with van der Waals surface area (Å²) in [5, 5.41) is 4.08. The Balaban J connectivity index is 1.43. The highest BCUT2D eigenvalue weighted by Crippen LogP contribution is 2.41. The third-order valence-corrected chi connectivity index (χ3v) is 8.40. The third kappa shape index (κ3) is 3.76. The van der Waals surface area contributed by atoms with Gasteiger partial charge in [-0.2, -0.15) is 9.97 Å². The molecule has 6 nitrogen and oxygen atoms in total. The normalized spacial score (nSPS) is 27.0. The Hall–Kier alpha value is -1.58. The Morgan fingerprint density at radius 3 is 2.78 bits per heavy atom. The lowest BCUT2D eigenvalue weighted by atomic mass is 9.75. The van der Waals surface area contributed by atoms with Crippen molar-refractivity contribution in [1.82, 2.24) is 19.8 Å². The van der Waals surface area contributed by atoms with E-state index in [4.69, 9.17) is 4.74 Å². The van der Waals surface area contributed by atoms with Gasteiger partial charge < -0.3 is 15.0 Å². The summed E-state index contributed by atoms with van der Waals surface area (Å²) in [5.74, 6) is 0.134. The molecule has 0 unspecified atom stereocenters. The summed E-state index contributed by atoms with van der Waals surface area (Å²) in [6.07, 6.45) is 5.01. The van der Waals surface area contributed by atoms with E-state index in [9.17, 15) is 8.78 Å². The molecule has 32 heavy (non-hydrogen) atoms. The maximum Gasteiger partial charge on any atom is 0.319 e. The molecule has 2 saturated heterocycles. The van der Waals surface area contributed by atoms with E-state index in [1.165, 1.54) is 6.42 Å². The average Bonchev–Trinajstić information content (AvgIpc) is 3.24. The van der Waals surface area contributed by atoms with Crippen molar-refractivity contribution < 1.29 is 13.5 Å². The number of hydrogen-bond acceptors (Lipinski definition) is 6. The van der Waals surface area contributed by atoms with Gasteiger partial charge in [-0.1, -0.05) is 0 Å². The number of aromatic nitrogens is 2. The van der Waals surface area contributed by atoms with Crippen LogP contribution in [0.2, 0.25) is 0 Å². The van der Waals surface area contributed by atoms with Crippen LogP contribution in [0.25, 0.3) is 10.9 Å². The van der Waals surface area contributed by atoms with Crippen LogP contribution >= 0.6 is 15.9 Å². The predicted octanol–water partition coefficient (Wildman–Crippen LogP) is 4.38. The van der Waals surface area contributed by atoms with Crippen molar-refractivity contribution in [3.8, 4) is 6.01 Å². The third-order valence-electron chi connectivity index (χ3n) is 7.79. The topological polar surface area (TPSA) is 53.5 Å². The van der Waals surface area contributed by atoms with Gasteiger partial charge in [-0.25, -0.2) is 8.78 Å². The van der Waals surface area contributed by atoms with Crippen molar-refractivity contribution in [3.05, 3.63) is 22.4 Å². The molecule has 0 radical (unpaired) electrons. The van der Waals surface area contributed by atoms with Crippen LogP contribution in [0.15, 0.2) is 16.6 Å². The zero-order chi connectivity index (χ0) is 22.5. The zero-order valence-corrected chi connectivity index (χ0v) is 20.2. The first-order chi connectivity index (χ1) is 15.3. The van der Waals surface area contributed by atoms with E-state index in [1.807, 2.05) is 6.07 Å². The molecule has 2 aliphatic heterocycles. The number of hydrogen-bond donors (Lipinski definition) is 1. The van der Waals surface area contributed by atoms with Gasteiger partial charge in [0.15, 0.2) is 5.82 Å². The first kappa shape index (κ1) is 22.2. The van der Waals surface area contributed by atoms with Gasteiger partial charge in [-0.3, -0.25) is 4.90 Å². The maximum atomic E-state index is 15.0. The molecule has 1 saturated carbocycles. The number of benzene rings is 1. The largest absolute Gasteiger partial charge is 0.461 e. The Morgan fingerprint density at radius 2 is 2.06 bits per heavy atom. The summed E-state index contributed by atoms with van der Waals surface area (Å²) in [6.45, 7) is 2.38. The lowest BCUT2D eigenvalue weighted by molar-refractivity contribution is 0.0738. The number of halogens is 3. The van der Waals surface area contributed by atoms with Crippen LogP contribution in [-0.4, -0.2) is 77.4 Å². The van der Waals surface area contributed by atoms with Crippen molar-refractivity contribution in [2.24, 2.45) is 0 Å². The van der Waals surface area contributed by atoms with E-state index >= 15 is 0 Å². The Morgan fingerprint density at radius 1 is 1.25 bits per heavy atom. The van der Waals surface area contributed by atoms with E-state index < -0.39 is 12.0 Å². The second kappa shape index (κ2) is 8.33. The lowest BCUT2D eigenvalue weighted by Gasteiger charge is -2.47. The second-order valence-corrected chi connectivity index (χ2v) is 10.7. The first-order valence-corrected chi connectivity index (χ1v) is 12.2. The van der Waals surface area contributed by atoms with Crippen LogP contribution in [0, 0.1) is 5.82 Å². The van der Waals surface area contributed by atoms with Crippen LogP contribution in [-0.2, 0) is 0 Å². The molecule has 1 aromatic carbocycles. The van der Waals surface area contributed by atoms with Crippen molar-refractivity contribution in [1.29, 1.82) is 0 Å². The number of rotatable bonds is 7. The fourth-order valence-corrected chi connectivity index (χ4v) is 5.90. The van der Waals surface area contributed by atoms with Crippen LogP contribution in [0.3, 0.4) is 0 Å². The van der Waals surface area contributed by atoms with Gasteiger partial charge >= 0.3 is 6.01 Å². The number of anilines is 1. The summed E-state index contributed by atoms with van der Waals surface area (Å²) in [4.78, 5) is 13.5. The molecule has 1 aromatic heterocycles. The van der Waals surface area contributed by atoms with E-state index in [0.717, 1.165) is 32.2 Å². The SMILES string of the molecule is CN(C)C1(CNc2nc(OC[C@@]34CCCN3C[C@H](F)C4)nc3c(F)c(Br)ccc23)CCC1. The van der Waals surface area contributed by atoms with E-state index in [-0.39, 0.29) is 22.6 Å². The van der Waals surface area contributed by atoms with Crippen LogP contribution in [0.4, 0.5) is 14.6 Å². The summed E-state index contributed by atoms with van der Waals surface area (Å²) >= 11 is 3.26. The van der Waals surface area contributed by atoms with Crippen LogP contribution in [0.5, 0.6) is 6.01 Å². The molecule has 0 spiro atoms. The summed E-state index contributed by atoms with van der Waals surface area (Å²) in [5.41, 5.74) is -0.00710. The van der Waals surface area contributed by atoms with Crippen molar-refractivity contribution >= 4 is 32.7 Å². The molecule has 0 amide bonds. The van der Waals surface area contributed by atoms with E-state index in [2.05, 4.69) is 55.1 Å². The molecule has 3 aliphatic rings. The molecule has 9 heteroatoms. The van der Waals surface area contributed by atoms with Gasteiger partial charge in [0, 0.05) is 30.4 Å². The highest BCUT2D eigenvalue weighted by molar-refractivity contribution is 9.10. The molecule has 3 fully saturated rings. The van der Waals surface area contributed by atoms with Gasteiger partial charge in [0.2, 0.25) is 0 Å². The zero-order valence-electron chi connectivity index (χ0n) is 18.6. The van der Waals surface area contributed by atoms with Gasteiger partial charge in [0.1, 0.15) is 24.1 Å². The number of nitrogens with one attached hydrogen (secondary N) is 1. The van der Waals surface area contributed by atoms with E-state index in [0.29, 0.717) is 41.8 Å². The maximum absolute atomic E-state index is 15.0. The average molecular weight is 510 g/mol. The molecule has 5 rings (SSSR count). The molecular formula is C23H30BrF2N5O. The molecular weight excluding hydrogens is 480 g/mol. The quantitative estimate of drug-likeness (QED) is 0.597. The number of fused-ring (bicyclic) bond motifs is 2. The van der Waals surface area contributed by atoms with Gasteiger partial charge in [0.05, 0.1) is 10.0 Å². The highest BCUT2D eigenvalue weighted by Gasteiger charge is 2.49.